The maximum atomic E-state index is 13.8. The van der Waals surface area contributed by atoms with E-state index in [0.717, 1.165) is 31.6 Å². The Hall–Kier alpha value is -3.65. The zero-order valence-electron chi connectivity index (χ0n) is 23.5. The van der Waals surface area contributed by atoms with E-state index in [1.807, 2.05) is 18.2 Å². The first-order chi connectivity index (χ1) is 18.7. The normalized spacial score (nSPS) is 22.9. The molecule has 0 spiro atoms. The summed E-state index contributed by atoms with van der Waals surface area (Å²) in [5, 5.41) is 8.79. The Balaban J connectivity index is 1.44. The maximum absolute atomic E-state index is 13.8. The number of aromatic nitrogens is 5. The first-order valence-corrected chi connectivity index (χ1v) is 14.0. The van der Waals surface area contributed by atoms with Crippen LogP contribution in [-0.2, 0) is 12.0 Å². The van der Waals surface area contributed by atoms with Gasteiger partial charge in [0.1, 0.15) is 11.2 Å². The molecule has 2 atom stereocenters. The summed E-state index contributed by atoms with van der Waals surface area (Å²) in [7, 11) is 2.16. The van der Waals surface area contributed by atoms with Crippen LogP contribution in [0, 0.1) is 11.8 Å². The fourth-order valence-corrected chi connectivity index (χ4v) is 6.82. The van der Waals surface area contributed by atoms with Crippen molar-refractivity contribution < 1.29 is 0 Å². The highest BCUT2D eigenvalue weighted by Crippen LogP contribution is 2.38. The van der Waals surface area contributed by atoms with Crippen molar-refractivity contribution in [2.45, 2.75) is 65.0 Å². The van der Waals surface area contributed by atoms with E-state index in [9.17, 15) is 4.79 Å². The van der Waals surface area contributed by atoms with Crippen molar-refractivity contribution in [3.05, 3.63) is 70.3 Å². The Bertz CT molecular complexity index is 1570. The molecule has 1 aliphatic heterocycles. The molecule has 0 bridgehead atoms. The smallest absolute Gasteiger partial charge is 0.278 e. The number of fused-ring (bicyclic) bond motifs is 2. The van der Waals surface area contributed by atoms with Gasteiger partial charge in [0.2, 0.25) is 5.95 Å². The molecule has 8 nitrogen and oxygen atoms in total. The molecule has 0 saturated heterocycles. The number of anilines is 2. The van der Waals surface area contributed by atoms with E-state index in [0.29, 0.717) is 40.1 Å². The van der Waals surface area contributed by atoms with Gasteiger partial charge in [-0.25, -0.2) is 14.6 Å². The number of likely N-dealkylation sites (N-methyl/N-ethyl adjacent to an activating group) is 1. The molecule has 0 radical (unpaired) electrons. The molecule has 1 aromatic carbocycles. The number of rotatable bonds is 4. The van der Waals surface area contributed by atoms with Crippen LogP contribution >= 0.6 is 0 Å². The first-order valence-electron chi connectivity index (χ1n) is 14.0. The molecule has 1 fully saturated rings. The molecule has 4 aromatic rings. The van der Waals surface area contributed by atoms with Crippen LogP contribution in [-0.4, -0.2) is 43.2 Å². The zero-order chi connectivity index (χ0) is 27.3. The molecular formula is C31H37N7O. The monoisotopic (exact) mass is 523 g/mol. The second-order valence-corrected chi connectivity index (χ2v) is 12.2. The molecule has 1 aliphatic carbocycles. The van der Waals surface area contributed by atoms with Crippen molar-refractivity contribution >= 4 is 22.5 Å². The predicted octanol–water partition coefficient (Wildman–Crippen LogP) is 5.71. The van der Waals surface area contributed by atoms with E-state index < -0.39 is 0 Å². The minimum absolute atomic E-state index is 0.0359. The molecule has 4 heterocycles. The van der Waals surface area contributed by atoms with Gasteiger partial charge in [-0.15, -0.1) is 0 Å². The van der Waals surface area contributed by atoms with E-state index >= 15 is 0 Å². The van der Waals surface area contributed by atoms with Gasteiger partial charge in [0, 0.05) is 36.6 Å². The minimum atomic E-state index is -0.138. The van der Waals surface area contributed by atoms with Crippen LogP contribution in [0.1, 0.15) is 64.1 Å². The van der Waals surface area contributed by atoms with Gasteiger partial charge in [-0.05, 0) is 67.1 Å². The lowest BCUT2D eigenvalue weighted by Gasteiger charge is -2.38. The molecule has 39 heavy (non-hydrogen) atoms. The summed E-state index contributed by atoms with van der Waals surface area (Å²) in [5.74, 6) is 1.16. The van der Waals surface area contributed by atoms with Gasteiger partial charge in [0.15, 0.2) is 0 Å². The van der Waals surface area contributed by atoms with Crippen LogP contribution in [0.4, 0.5) is 11.6 Å². The molecule has 1 N–H and O–H groups in total. The van der Waals surface area contributed by atoms with E-state index in [2.05, 4.69) is 73.1 Å². The summed E-state index contributed by atoms with van der Waals surface area (Å²) in [6, 6.07) is 12.2. The maximum Gasteiger partial charge on any atom is 0.278 e. The van der Waals surface area contributed by atoms with Crippen molar-refractivity contribution in [1.29, 1.82) is 0 Å². The molecular weight excluding hydrogens is 486 g/mol. The topological polar surface area (TPSA) is 88.8 Å². The molecule has 2 unspecified atom stereocenters. The summed E-state index contributed by atoms with van der Waals surface area (Å²) in [6.45, 7) is 10.9. The quantitative estimate of drug-likeness (QED) is 0.366. The Morgan fingerprint density at radius 1 is 1.05 bits per heavy atom. The molecule has 8 heteroatoms. The number of hydrogen-bond donors (Lipinski definition) is 1. The van der Waals surface area contributed by atoms with Crippen LogP contribution in [0.3, 0.4) is 0 Å². The molecule has 1 saturated carbocycles. The van der Waals surface area contributed by atoms with Crippen LogP contribution < -0.4 is 10.9 Å². The van der Waals surface area contributed by atoms with Gasteiger partial charge in [0.25, 0.3) is 5.56 Å². The second-order valence-electron chi connectivity index (χ2n) is 12.2. The number of benzene rings is 1. The molecule has 202 valence electrons. The van der Waals surface area contributed by atoms with Crippen LogP contribution in [0.5, 0.6) is 0 Å². The van der Waals surface area contributed by atoms with Gasteiger partial charge in [-0.3, -0.25) is 9.78 Å². The summed E-state index contributed by atoms with van der Waals surface area (Å²) >= 11 is 0. The number of hydrogen-bond acceptors (Lipinski definition) is 7. The van der Waals surface area contributed by atoms with E-state index in [1.165, 1.54) is 17.5 Å². The predicted molar refractivity (Wildman–Crippen MR) is 155 cm³/mol. The number of pyridine rings is 1. The van der Waals surface area contributed by atoms with E-state index in [1.54, 1.807) is 17.1 Å². The van der Waals surface area contributed by atoms with Crippen molar-refractivity contribution in [2.75, 3.05) is 18.9 Å². The first kappa shape index (κ1) is 25.6. The van der Waals surface area contributed by atoms with Gasteiger partial charge >= 0.3 is 0 Å². The highest BCUT2D eigenvalue weighted by Gasteiger charge is 2.33. The average molecular weight is 524 g/mol. The third kappa shape index (κ3) is 4.71. The molecule has 2 aliphatic rings. The lowest BCUT2D eigenvalue weighted by Crippen LogP contribution is -2.39. The highest BCUT2D eigenvalue weighted by atomic mass is 16.1. The lowest BCUT2D eigenvalue weighted by molar-refractivity contribution is 0.165. The zero-order valence-corrected chi connectivity index (χ0v) is 23.5. The van der Waals surface area contributed by atoms with Crippen molar-refractivity contribution in [1.82, 2.24) is 29.6 Å². The Labute approximate surface area is 229 Å². The van der Waals surface area contributed by atoms with Gasteiger partial charge < -0.3 is 10.2 Å². The highest BCUT2D eigenvalue weighted by molar-refractivity contribution is 5.89. The lowest BCUT2D eigenvalue weighted by atomic mass is 9.78. The average Bonchev–Trinajstić information content (AvgIpc) is 2.89. The molecule has 0 amide bonds. The van der Waals surface area contributed by atoms with Crippen molar-refractivity contribution in [2.24, 2.45) is 11.8 Å². The van der Waals surface area contributed by atoms with Crippen LogP contribution in [0.25, 0.3) is 22.3 Å². The third-order valence-corrected chi connectivity index (χ3v) is 8.53. The molecule has 6 rings (SSSR count). The SMILES string of the molecule is CC1CCCC(C)C1n1nc(-c2ccccn2)c2nc(Nc3ccc4c(c3)CN(C)CC4(C)C)ncc2c1=O. The second kappa shape index (κ2) is 9.83. The van der Waals surface area contributed by atoms with Gasteiger partial charge in [0.05, 0.1) is 17.1 Å². The van der Waals surface area contributed by atoms with Crippen LogP contribution in [0.15, 0.2) is 53.6 Å². The minimum Gasteiger partial charge on any atom is -0.324 e. The summed E-state index contributed by atoms with van der Waals surface area (Å²) in [5.41, 5.74) is 5.36. The summed E-state index contributed by atoms with van der Waals surface area (Å²) in [4.78, 5) is 30.1. The fraction of sp³-hybridized carbons (Fsp3) is 0.452. The summed E-state index contributed by atoms with van der Waals surface area (Å²) < 4.78 is 1.69. The van der Waals surface area contributed by atoms with E-state index in [4.69, 9.17) is 10.1 Å². The Kier molecular flexibility index (Phi) is 6.46. The van der Waals surface area contributed by atoms with Crippen molar-refractivity contribution in [3.63, 3.8) is 0 Å². The van der Waals surface area contributed by atoms with Crippen molar-refractivity contribution in [3.8, 4) is 11.4 Å². The van der Waals surface area contributed by atoms with E-state index in [-0.39, 0.29) is 17.0 Å². The number of nitrogens with zero attached hydrogens (tertiary/aromatic N) is 6. The van der Waals surface area contributed by atoms with Gasteiger partial charge in [-0.1, -0.05) is 46.2 Å². The fourth-order valence-electron chi connectivity index (χ4n) is 6.82. The number of nitrogens with one attached hydrogen (secondary N) is 1. The van der Waals surface area contributed by atoms with Crippen LogP contribution in [0.2, 0.25) is 0 Å². The standard InChI is InChI=1S/C31H37N7O/c1-19-9-8-10-20(2)28(19)38-29(39)23-16-33-30(35-26(23)27(36-38)25-11-6-7-14-32-25)34-22-12-13-24-21(15-22)17-37(5)18-31(24,3)4/h6-7,11-16,19-20,28H,8-10,17-18H2,1-5H3,(H,33,34,35). The van der Waals surface area contributed by atoms with Gasteiger partial charge in [-0.2, -0.15) is 5.10 Å². The largest absolute Gasteiger partial charge is 0.324 e. The third-order valence-electron chi connectivity index (χ3n) is 8.53. The Morgan fingerprint density at radius 3 is 2.59 bits per heavy atom. The Morgan fingerprint density at radius 2 is 1.85 bits per heavy atom. The molecule has 3 aromatic heterocycles. The summed E-state index contributed by atoms with van der Waals surface area (Å²) in [6.07, 6.45) is 6.75.